The van der Waals surface area contributed by atoms with E-state index in [9.17, 15) is 4.79 Å². The van der Waals surface area contributed by atoms with Crippen molar-refractivity contribution in [2.75, 3.05) is 12.3 Å². The molecule has 0 atom stereocenters. The normalized spacial score (nSPS) is 24.1. The SMILES string of the molecule is O=C(CCS)NCC1(C2CC2)CC1. The Bertz CT molecular complexity index is 209. The number of carbonyl (C=O) groups excluding carboxylic acids is 1. The van der Waals surface area contributed by atoms with Gasteiger partial charge in [-0.05, 0) is 42.8 Å². The van der Waals surface area contributed by atoms with Crippen LogP contribution in [0.25, 0.3) is 0 Å². The summed E-state index contributed by atoms with van der Waals surface area (Å²) in [5.41, 5.74) is 0.534. The van der Waals surface area contributed by atoms with Crippen LogP contribution >= 0.6 is 12.6 Å². The van der Waals surface area contributed by atoms with Crippen LogP contribution < -0.4 is 5.32 Å². The van der Waals surface area contributed by atoms with Gasteiger partial charge in [0.15, 0.2) is 0 Å². The first kappa shape index (κ1) is 9.38. The molecule has 1 N–H and O–H groups in total. The maximum atomic E-state index is 11.2. The van der Waals surface area contributed by atoms with Gasteiger partial charge in [0.1, 0.15) is 0 Å². The number of nitrogens with one attached hydrogen (secondary N) is 1. The van der Waals surface area contributed by atoms with Gasteiger partial charge in [-0.25, -0.2) is 0 Å². The first-order valence-corrected chi connectivity index (χ1v) is 5.78. The monoisotopic (exact) mass is 199 g/mol. The van der Waals surface area contributed by atoms with Crippen LogP contribution in [0, 0.1) is 11.3 Å². The maximum Gasteiger partial charge on any atom is 0.220 e. The highest BCUT2D eigenvalue weighted by Gasteiger charge is 2.53. The van der Waals surface area contributed by atoms with Gasteiger partial charge < -0.3 is 5.32 Å². The van der Waals surface area contributed by atoms with Gasteiger partial charge in [0.2, 0.25) is 5.91 Å². The average Bonchev–Trinajstić information content (AvgIpc) is 2.95. The molecule has 0 bridgehead atoms. The van der Waals surface area contributed by atoms with Crippen molar-refractivity contribution in [2.45, 2.75) is 32.1 Å². The van der Waals surface area contributed by atoms with Crippen molar-refractivity contribution >= 4 is 18.5 Å². The minimum atomic E-state index is 0.168. The van der Waals surface area contributed by atoms with Crippen molar-refractivity contribution in [2.24, 2.45) is 11.3 Å². The summed E-state index contributed by atoms with van der Waals surface area (Å²) in [5.74, 6) is 1.76. The molecule has 0 aliphatic heterocycles. The van der Waals surface area contributed by atoms with Crippen LogP contribution in [0.5, 0.6) is 0 Å². The minimum absolute atomic E-state index is 0.168. The van der Waals surface area contributed by atoms with Gasteiger partial charge >= 0.3 is 0 Å². The van der Waals surface area contributed by atoms with Gasteiger partial charge in [-0.3, -0.25) is 4.79 Å². The molecule has 0 aromatic heterocycles. The van der Waals surface area contributed by atoms with E-state index < -0.39 is 0 Å². The summed E-state index contributed by atoms with van der Waals surface area (Å²) in [6, 6.07) is 0. The summed E-state index contributed by atoms with van der Waals surface area (Å²) < 4.78 is 0. The van der Waals surface area contributed by atoms with Gasteiger partial charge in [-0.1, -0.05) is 0 Å². The van der Waals surface area contributed by atoms with E-state index in [4.69, 9.17) is 0 Å². The molecule has 0 unspecified atom stereocenters. The zero-order chi connectivity index (χ0) is 9.31. The second-order valence-corrected chi connectivity index (χ2v) is 4.83. The molecule has 0 saturated heterocycles. The van der Waals surface area contributed by atoms with Crippen molar-refractivity contribution in [1.82, 2.24) is 5.32 Å². The topological polar surface area (TPSA) is 29.1 Å². The van der Waals surface area contributed by atoms with E-state index in [1.807, 2.05) is 0 Å². The van der Waals surface area contributed by atoms with Gasteiger partial charge in [-0.2, -0.15) is 12.6 Å². The molecule has 2 aliphatic rings. The molecular formula is C10H17NOS. The van der Waals surface area contributed by atoms with Gasteiger partial charge in [-0.15, -0.1) is 0 Å². The van der Waals surface area contributed by atoms with E-state index in [2.05, 4.69) is 17.9 Å². The highest BCUT2D eigenvalue weighted by molar-refractivity contribution is 7.80. The molecule has 74 valence electrons. The first-order chi connectivity index (χ1) is 6.27. The van der Waals surface area contributed by atoms with E-state index in [-0.39, 0.29) is 5.91 Å². The van der Waals surface area contributed by atoms with Crippen LogP contribution in [0.3, 0.4) is 0 Å². The standard InChI is InChI=1S/C10H17NOS/c12-9(3-6-13)11-7-10(4-5-10)8-1-2-8/h8,13H,1-7H2,(H,11,12). The fourth-order valence-electron chi connectivity index (χ4n) is 2.05. The molecule has 1 amide bonds. The number of rotatable bonds is 5. The third-order valence-electron chi connectivity index (χ3n) is 3.31. The van der Waals surface area contributed by atoms with Crippen molar-refractivity contribution in [1.29, 1.82) is 0 Å². The third kappa shape index (κ3) is 2.19. The first-order valence-electron chi connectivity index (χ1n) is 5.14. The molecular weight excluding hydrogens is 182 g/mol. The zero-order valence-corrected chi connectivity index (χ0v) is 8.78. The Kier molecular flexibility index (Phi) is 2.54. The second-order valence-electron chi connectivity index (χ2n) is 4.39. The van der Waals surface area contributed by atoms with Crippen molar-refractivity contribution in [3.63, 3.8) is 0 Å². The quantitative estimate of drug-likeness (QED) is 0.647. The third-order valence-corrected chi connectivity index (χ3v) is 3.54. The average molecular weight is 199 g/mol. The van der Waals surface area contributed by atoms with Gasteiger partial charge in [0.05, 0.1) is 0 Å². The molecule has 0 radical (unpaired) electrons. The molecule has 2 saturated carbocycles. The van der Waals surface area contributed by atoms with E-state index in [0.717, 1.165) is 12.5 Å². The second kappa shape index (κ2) is 3.52. The lowest BCUT2D eigenvalue weighted by Gasteiger charge is -2.14. The summed E-state index contributed by atoms with van der Waals surface area (Å²) in [6.07, 6.45) is 6.01. The molecule has 0 spiro atoms. The van der Waals surface area contributed by atoms with Crippen molar-refractivity contribution < 1.29 is 4.79 Å². The van der Waals surface area contributed by atoms with Crippen LogP contribution in [0.15, 0.2) is 0 Å². The fraction of sp³-hybridized carbons (Fsp3) is 0.900. The molecule has 2 rings (SSSR count). The number of amides is 1. The molecule has 0 aromatic rings. The van der Waals surface area contributed by atoms with Crippen LogP contribution in [0.1, 0.15) is 32.1 Å². The Morgan fingerprint density at radius 1 is 1.46 bits per heavy atom. The Hall–Kier alpha value is -0.180. The molecule has 0 heterocycles. The Labute approximate surface area is 84.9 Å². The largest absolute Gasteiger partial charge is 0.356 e. The molecule has 2 fully saturated rings. The lowest BCUT2D eigenvalue weighted by atomic mass is 10.0. The van der Waals surface area contributed by atoms with E-state index >= 15 is 0 Å². The summed E-state index contributed by atoms with van der Waals surface area (Å²) in [7, 11) is 0. The summed E-state index contributed by atoms with van der Waals surface area (Å²) >= 11 is 4.03. The van der Waals surface area contributed by atoms with Crippen LogP contribution in [0.4, 0.5) is 0 Å². The smallest absolute Gasteiger partial charge is 0.220 e. The molecule has 3 heteroatoms. The Morgan fingerprint density at radius 3 is 2.62 bits per heavy atom. The Balaban J connectivity index is 1.69. The summed E-state index contributed by atoms with van der Waals surface area (Å²) in [4.78, 5) is 11.2. The van der Waals surface area contributed by atoms with Crippen LogP contribution in [0.2, 0.25) is 0 Å². The minimum Gasteiger partial charge on any atom is -0.356 e. The predicted molar refractivity (Wildman–Crippen MR) is 55.9 cm³/mol. The molecule has 13 heavy (non-hydrogen) atoms. The number of thiol groups is 1. The molecule has 2 nitrogen and oxygen atoms in total. The highest BCUT2D eigenvalue weighted by atomic mass is 32.1. The maximum absolute atomic E-state index is 11.2. The van der Waals surface area contributed by atoms with E-state index in [0.29, 0.717) is 17.6 Å². The highest BCUT2D eigenvalue weighted by Crippen LogP contribution is 2.60. The lowest BCUT2D eigenvalue weighted by molar-refractivity contribution is -0.120. The Morgan fingerprint density at radius 2 is 2.15 bits per heavy atom. The predicted octanol–water partition coefficient (Wildman–Crippen LogP) is 1.61. The fourth-order valence-corrected chi connectivity index (χ4v) is 2.25. The van der Waals surface area contributed by atoms with Crippen molar-refractivity contribution in [3.05, 3.63) is 0 Å². The van der Waals surface area contributed by atoms with E-state index in [1.165, 1.54) is 25.7 Å². The summed E-state index contributed by atoms with van der Waals surface area (Å²) in [6.45, 7) is 0.921. The number of carbonyl (C=O) groups is 1. The zero-order valence-electron chi connectivity index (χ0n) is 7.88. The number of hydrogen-bond acceptors (Lipinski definition) is 2. The van der Waals surface area contributed by atoms with Gasteiger partial charge in [0, 0.05) is 13.0 Å². The number of hydrogen-bond donors (Lipinski definition) is 2. The van der Waals surface area contributed by atoms with Crippen LogP contribution in [-0.4, -0.2) is 18.2 Å². The van der Waals surface area contributed by atoms with Crippen molar-refractivity contribution in [3.8, 4) is 0 Å². The molecule has 0 aromatic carbocycles. The van der Waals surface area contributed by atoms with Crippen LogP contribution in [-0.2, 0) is 4.79 Å². The lowest BCUT2D eigenvalue weighted by Crippen LogP contribution is -2.31. The van der Waals surface area contributed by atoms with E-state index in [1.54, 1.807) is 0 Å². The molecule has 2 aliphatic carbocycles. The summed E-state index contributed by atoms with van der Waals surface area (Å²) in [5, 5.41) is 3.02. The van der Waals surface area contributed by atoms with Gasteiger partial charge in [0.25, 0.3) is 0 Å².